The third kappa shape index (κ3) is 4.48. The second kappa shape index (κ2) is 7.71. The number of halogens is 2. The summed E-state index contributed by atoms with van der Waals surface area (Å²) in [4.78, 5) is 24.8. The molecule has 0 bridgehead atoms. The predicted molar refractivity (Wildman–Crippen MR) is 97.7 cm³/mol. The van der Waals surface area contributed by atoms with Gasteiger partial charge in [-0.15, -0.1) is 10.2 Å². The number of hydrogen-bond donors (Lipinski definition) is 1. The number of aromatic nitrogens is 3. The maximum Gasteiger partial charge on any atom is 0.322 e. The van der Waals surface area contributed by atoms with Crippen molar-refractivity contribution >= 4 is 17.5 Å². The van der Waals surface area contributed by atoms with Gasteiger partial charge in [0, 0.05) is 33.3 Å². The molecule has 7 nitrogen and oxygen atoms in total. The van der Waals surface area contributed by atoms with Gasteiger partial charge in [0.1, 0.15) is 6.33 Å². The van der Waals surface area contributed by atoms with E-state index in [1.165, 1.54) is 13.4 Å². The zero-order chi connectivity index (χ0) is 20.3. The Morgan fingerprint density at radius 3 is 2.50 bits per heavy atom. The number of nitrogens with one attached hydrogen (secondary N) is 1. The molecule has 0 fully saturated rings. The SMILES string of the molecule is CN(Cc1ccc(CNC(=O)c2ccc3nncn3c2)cc1)C(=O)C(C)(F)F. The molecule has 0 saturated carbocycles. The zero-order valence-electron chi connectivity index (χ0n) is 15.4. The summed E-state index contributed by atoms with van der Waals surface area (Å²) < 4.78 is 27.8. The van der Waals surface area contributed by atoms with Gasteiger partial charge in [0.2, 0.25) is 0 Å². The van der Waals surface area contributed by atoms with Gasteiger partial charge in [0.25, 0.3) is 11.8 Å². The number of carbonyl (C=O) groups is 2. The summed E-state index contributed by atoms with van der Waals surface area (Å²) in [5, 5.41) is 10.5. The van der Waals surface area contributed by atoms with E-state index in [4.69, 9.17) is 0 Å². The van der Waals surface area contributed by atoms with Gasteiger partial charge in [-0.1, -0.05) is 24.3 Å². The van der Waals surface area contributed by atoms with Crippen LogP contribution in [0.3, 0.4) is 0 Å². The minimum absolute atomic E-state index is 0.0772. The van der Waals surface area contributed by atoms with Crippen molar-refractivity contribution in [3.63, 3.8) is 0 Å². The van der Waals surface area contributed by atoms with E-state index in [1.54, 1.807) is 47.0 Å². The first kappa shape index (κ1) is 19.4. The molecule has 1 aromatic carbocycles. The van der Waals surface area contributed by atoms with E-state index in [2.05, 4.69) is 15.5 Å². The maximum atomic E-state index is 13.1. The van der Waals surface area contributed by atoms with Gasteiger partial charge in [-0.2, -0.15) is 8.78 Å². The third-order valence-electron chi connectivity index (χ3n) is 4.17. The highest BCUT2D eigenvalue weighted by atomic mass is 19.3. The van der Waals surface area contributed by atoms with E-state index < -0.39 is 11.8 Å². The average Bonchev–Trinajstić information content (AvgIpc) is 3.13. The summed E-state index contributed by atoms with van der Waals surface area (Å²) in [7, 11) is 1.33. The van der Waals surface area contributed by atoms with E-state index in [1.807, 2.05) is 0 Å². The van der Waals surface area contributed by atoms with Crippen LogP contribution in [-0.2, 0) is 17.9 Å². The zero-order valence-corrected chi connectivity index (χ0v) is 15.4. The fourth-order valence-electron chi connectivity index (χ4n) is 2.69. The highest BCUT2D eigenvalue weighted by Crippen LogP contribution is 2.17. The molecular weight excluding hydrogens is 368 g/mol. The molecule has 2 aromatic heterocycles. The van der Waals surface area contributed by atoms with Crippen molar-refractivity contribution in [1.82, 2.24) is 24.8 Å². The van der Waals surface area contributed by atoms with Crippen LogP contribution in [0.2, 0.25) is 0 Å². The molecule has 0 aliphatic carbocycles. The lowest BCUT2D eigenvalue weighted by Crippen LogP contribution is -2.38. The Kier molecular flexibility index (Phi) is 5.34. The predicted octanol–water partition coefficient (Wildman–Crippen LogP) is 2.27. The number of fused-ring (bicyclic) bond motifs is 1. The molecule has 146 valence electrons. The lowest BCUT2D eigenvalue weighted by Gasteiger charge is -2.21. The first-order valence-corrected chi connectivity index (χ1v) is 8.53. The average molecular weight is 387 g/mol. The fourth-order valence-corrected chi connectivity index (χ4v) is 2.69. The highest BCUT2D eigenvalue weighted by Gasteiger charge is 2.34. The summed E-state index contributed by atoms with van der Waals surface area (Å²) >= 11 is 0. The number of nitrogens with zero attached hydrogens (tertiary/aromatic N) is 4. The van der Waals surface area contributed by atoms with Crippen LogP contribution in [0.25, 0.3) is 5.65 Å². The van der Waals surface area contributed by atoms with E-state index in [9.17, 15) is 18.4 Å². The van der Waals surface area contributed by atoms with Crippen molar-refractivity contribution in [1.29, 1.82) is 0 Å². The monoisotopic (exact) mass is 387 g/mol. The van der Waals surface area contributed by atoms with Crippen LogP contribution >= 0.6 is 0 Å². The van der Waals surface area contributed by atoms with Gasteiger partial charge < -0.3 is 10.2 Å². The van der Waals surface area contributed by atoms with E-state index in [-0.39, 0.29) is 12.5 Å². The van der Waals surface area contributed by atoms with Crippen LogP contribution < -0.4 is 5.32 Å². The molecular formula is C19H19F2N5O2. The first-order chi connectivity index (χ1) is 13.2. The lowest BCUT2D eigenvalue weighted by molar-refractivity contribution is -0.153. The Balaban J connectivity index is 1.56. The smallest absolute Gasteiger partial charge is 0.322 e. The lowest BCUT2D eigenvalue weighted by atomic mass is 10.1. The van der Waals surface area contributed by atoms with Crippen LogP contribution in [0.4, 0.5) is 8.78 Å². The number of hydrogen-bond acceptors (Lipinski definition) is 4. The van der Waals surface area contributed by atoms with Gasteiger partial charge >= 0.3 is 5.92 Å². The number of rotatable bonds is 6. The summed E-state index contributed by atoms with van der Waals surface area (Å²) in [6.07, 6.45) is 3.16. The van der Waals surface area contributed by atoms with Gasteiger partial charge in [0.05, 0.1) is 5.56 Å². The van der Waals surface area contributed by atoms with Crippen LogP contribution in [0.5, 0.6) is 0 Å². The van der Waals surface area contributed by atoms with Gasteiger partial charge in [0.15, 0.2) is 5.65 Å². The van der Waals surface area contributed by atoms with Gasteiger partial charge in [-0.3, -0.25) is 14.0 Å². The normalized spacial score (nSPS) is 11.4. The third-order valence-corrected chi connectivity index (χ3v) is 4.17. The number of carbonyl (C=O) groups excluding carboxylic acids is 2. The second-order valence-corrected chi connectivity index (χ2v) is 6.56. The Labute approximate surface area is 160 Å². The molecule has 0 radical (unpaired) electrons. The Morgan fingerprint density at radius 1 is 1.14 bits per heavy atom. The molecule has 0 unspecified atom stereocenters. The van der Waals surface area contributed by atoms with Crippen molar-refractivity contribution in [3.05, 3.63) is 65.6 Å². The first-order valence-electron chi connectivity index (χ1n) is 8.53. The molecule has 0 saturated heterocycles. The molecule has 0 atom stereocenters. The second-order valence-electron chi connectivity index (χ2n) is 6.56. The molecule has 0 aliphatic heterocycles. The quantitative estimate of drug-likeness (QED) is 0.704. The molecule has 0 spiro atoms. The van der Waals surface area contributed by atoms with Crippen LogP contribution in [0, 0.1) is 0 Å². The van der Waals surface area contributed by atoms with Crippen molar-refractivity contribution in [3.8, 4) is 0 Å². The topological polar surface area (TPSA) is 79.6 Å². The summed E-state index contributed by atoms with van der Waals surface area (Å²) in [6.45, 7) is 0.966. The minimum Gasteiger partial charge on any atom is -0.348 e. The molecule has 2 heterocycles. The minimum atomic E-state index is -3.39. The number of benzene rings is 1. The van der Waals surface area contributed by atoms with Crippen molar-refractivity contribution in [2.45, 2.75) is 25.9 Å². The largest absolute Gasteiger partial charge is 0.348 e. The number of amides is 2. The molecule has 0 aliphatic rings. The van der Waals surface area contributed by atoms with E-state index >= 15 is 0 Å². The van der Waals surface area contributed by atoms with Crippen LogP contribution in [0.15, 0.2) is 48.9 Å². The Morgan fingerprint density at radius 2 is 1.82 bits per heavy atom. The van der Waals surface area contributed by atoms with Crippen LogP contribution in [-0.4, -0.2) is 44.3 Å². The molecule has 2 amide bonds. The molecule has 28 heavy (non-hydrogen) atoms. The molecule has 1 N–H and O–H groups in total. The number of alkyl halides is 2. The summed E-state index contributed by atoms with van der Waals surface area (Å²) in [5.41, 5.74) is 2.69. The highest BCUT2D eigenvalue weighted by molar-refractivity contribution is 5.94. The van der Waals surface area contributed by atoms with Gasteiger partial charge in [-0.25, -0.2) is 0 Å². The summed E-state index contributed by atoms with van der Waals surface area (Å²) in [6, 6.07) is 10.4. The van der Waals surface area contributed by atoms with Crippen molar-refractivity contribution in [2.24, 2.45) is 0 Å². The molecule has 3 rings (SSSR count). The standard InChI is InChI=1S/C19H19F2N5O2/c1-19(20,21)18(28)25(2)10-14-5-3-13(4-6-14)9-22-17(27)15-7-8-16-24-23-12-26(16)11-15/h3-8,11-12H,9-10H2,1-2H3,(H,22,27). The van der Waals surface area contributed by atoms with E-state index in [0.29, 0.717) is 30.2 Å². The summed E-state index contributed by atoms with van der Waals surface area (Å²) in [5.74, 6) is -4.86. The van der Waals surface area contributed by atoms with Crippen molar-refractivity contribution < 1.29 is 18.4 Å². The number of pyridine rings is 1. The molecule has 9 heteroatoms. The Hall–Kier alpha value is -3.36. The fraction of sp³-hybridized carbons (Fsp3) is 0.263. The van der Waals surface area contributed by atoms with Crippen LogP contribution in [0.1, 0.15) is 28.4 Å². The molecule has 3 aromatic rings. The van der Waals surface area contributed by atoms with E-state index in [0.717, 1.165) is 10.5 Å². The van der Waals surface area contributed by atoms with Crippen molar-refractivity contribution in [2.75, 3.05) is 7.05 Å². The van der Waals surface area contributed by atoms with Gasteiger partial charge in [-0.05, 0) is 23.3 Å². The maximum absolute atomic E-state index is 13.1. The Bertz CT molecular complexity index is 995.